The van der Waals surface area contributed by atoms with Crippen LogP contribution in [0, 0.1) is 13.8 Å². The number of alkyl halides is 3. The molecule has 0 aliphatic heterocycles. The van der Waals surface area contributed by atoms with E-state index in [2.05, 4.69) is 4.98 Å². The predicted molar refractivity (Wildman–Crippen MR) is 49.7 cm³/mol. The van der Waals surface area contributed by atoms with E-state index in [1.807, 2.05) is 6.92 Å². The third kappa shape index (κ3) is 1.58. The predicted octanol–water partition coefficient (Wildman–Crippen LogP) is 2.97. The van der Waals surface area contributed by atoms with Crippen LogP contribution in [-0.4, -0.2) is 9.38 Å². The zero-order valence-electron chi connectivity index (χ0n) is 8.26. The Bertz CT molecular complexity index is 511. The summed E-state index contributed by atoms with van der Waals surface area (Å²) in [5.41, 5.74) is 1.05. The van der Waals surface area contributed by atoms with Gasteiger partial charge in [-0.05, 0) is 31.5 Å². The lowest BCUT2D eigenvalue weighted by Gasteiger charge is -2.08. The number of halogens is 3. The van der Waals surface area contributed by atoms with Crippen LogP contribution in [-0.2, 0) is 6.18 Å². The fourth-order valence-electron chi connectivity index (χ4n) is 1.68. The van der Waals surface area contributed by atoms with E-state index in [1.165, 1.54) is 0 Å². The van der Waals surface area contributed by atoms with Gasteiger partial charge in [0, 0.05) is 5.69 Å². The number of aryl methyl sites for hydroxylation is 2. The molecule has 0 fully saturated rings. The van der Waals surface area contributed by atoms with Gasteiger partial charge in [-0.1, -0.05) is 0 Å². The summed E-state index contributed by atoms with van der Waals surface area (Å²) in [6, 6.07) is 3.33. The maximum absolute atomic E-state index is 12.6. The van der Waals surface area contributed by atoms with Crippen LogP contribution in [0.5, 0.6) is 0 Å². The first kappa shape index (κ1) is 10.0. The second-order valence-corrected chi connectivity index (χ2v) is 3.51. The van der Waals surface area contributed by atoms with Crippen LogP contribution in [0.2, 0.25) is 0 Å². The molecule has 0 saturated heterocycles. The van der Waals surface area contributed by atoms with Gasteiger partial charge in [-0.3, -0.25) is 4.40 Å². The molecule has 0 amide bonds. The molecule has 0 spiro atoms. The molecule has 0 bridgehead atoms. The normalized spacial score (nSPS) is 12.3. The van der Waals surface area contributed by atoms with Gasteiger partial charge < -0.3 is 0 Å². The van der Waals surface area contributed by atoms with Crippen molar-refractivity contribution in [1.82, 2.24) is 9.38 Å². The highest BCUT2D eigenvalue weighted by Gasteiger charge is 2.34. The number of rotatable bonds is 0. The average molecular weight is 214 g/mol. The van der Waals surface area contributed by atoms with Crippen LogP contribution in [0.15, 0.2) is 18.3 Å². The van der Waals surface area contributed by atoms with Gasteiger partial charge in [0.05, 0.1) is 6.20 Å². The molecule has 2 aromatic rings. The Morgan fingerprint density at radius 3 is 2.47 bits per heavy atom. The van der Waals surface area contributed by atoms with Crippen molar-refractivity contribution in [2.45, 2.75) is 20.0 Å². The number of aromatic nitrogens is 2. The highest BCUT2D eigenvalue weighted by molar-refractivity contribution is 5.45. The van der Waals surface area contributed by atoms with E-state index < -0.39 is 11.9 Å². The SMILES string of the molecule is Cc1cc(C)n2c(C(F)(F)F)cnc2c1. The Hall–Kier alpha value is -1.52. The van der Waals surface area contributed by atoms with E-state index in [0.29, 0.717) is 11.3 Å². The smallest absolute Gasteiger partial charge is 0.293 e. The van der Waals surface area contributed by atoms with Gasteiger partial charge in [0.1, 0.15) is 11.3 Å². The number of imidazole rings is 1. The summed E-state index contributed by atoms with van der Waals surface area (Å²) < 4.78 is 38.8. The molecule has 0 radical (unpaired) electrons. The molecular formula is C10H9F3N2. The first-order valence-corrected chi connectivity index (χ1v) is 4.41. The fourth-order valence-corrected chi connectivity index (χ4v) is 1.68. The molecule has 80 valence electrons. The molecule has 0 aromatic carbocycles. The lowest BCUT2D eigenvalue weighted by molar-refractivity contribution is -0.141. The monoisotopic (exact) mass is 214 g/mol. The maximum atomic E-state index is 12.6. The molecule has 0 unspecified atom stereocenters. The van der Waals surface area contributed by atoms with Crippen molar-refractivity contribution in [1.29, 1.82) is 0 Å². The molecule has 2 nitrogen and oxygen atoms in total. The highest BCUT2D eigenvalue weighted by Crippen LogP contribution is 2.30. The Balaban J connectivity index is 2.81. The Kier molecular flexibility index (Phi) is 1.99. The van der Waals surface area contributed by atoms with Crippen molar-refractivity contribution in [3.63, 3.8) is 0 Å². The standard InChI is InChI=1S/C10H9F3N2/c1-6-3-7(2)15-8(10(11,12)13)5-14-9(15)4-6/h3-5H,1-2H3. The van der Waals surface area contributed by atoms with E-state index >= 15 is 0 Å². The minimum Gasteiger partial charge on any atom is -0.293 e. The van der Waals surface area contributed by atoms with E-state index in [4.69, 9.17) is 0 Å². The zero-order valence-corrected chi connectivity index (χ0v) is 8.26. The van der Waals surface area contributed by atoms with Crippen LogP contribution >= 0.6 is 0 Å². The number of hydrogen-bond acceptors (Lipinski definition) is 1. The third-order valence-electron chi connectivity index (χ3n) is 2.23. The third-order valence-corrected chi connectivity index (χ3v) is 2.23. The molecule has 0 N–H and O–H groups in total. The first-order chi connectivity index (χ1) is 6.89. The zero-order chi connectivity index (χ0) is 11.2. The fraction of sp³-hybridized carbons (Fsp3) is 0.300. The van der Waals surface area contributed by atoms with Gasteiger partial charge in [0.2, 0.25) is 0 Å². The molecule has 0 aliphatic rings. The number of hydrogen-bond donors (Lipinski definition) is 0. The first-order valence-electron chi connectivity index (χ1n) is 4.41. The van der Waals surface area contributed by atoms with E-state index in [-0.39, 0.29) is 0 Å². The number of pyridine rings is 1. The van der Waals surface area contributed by atoms with E-state index in [0.717, 1.165) is 16.2 Å². The minimum absolute atomic E-state index is 0.333. The van der Waals surface area contributed by atoms with Crippen LogP contribution < -0.4 is 0 Å². The second-order valence-electron chi connectivity index (χ2n) is 3.51. The molecule has 2 rings (SSSR count). The molecule has 2 aromatic heterocycles. The summed E-state index contributed by atoms with van der Waals surface area (Å²) in [6.07, 6.45) is -3.50. The topological polar surface area (TPSA) is 17.3 Å². The quantitative estimate of drug-likeness (QED) is 0.659. The molecule has 0 atom stereocenters. The molecule has 0 aliphatic carbocycles. The van der Waals surface area contributed by atoms with Gasteiger partial charge in [0.25, 0.3) is 0 Å². The van der Waals surface area contributed by atoms with Crippen molar-refractivity contribution in [2.75, 3.05) is 0 Å². The van der Waals surface area contributed by atoms with Gasteiger partial charge in [-0.25, -0.2) is 4.98 Å². The number of fused-ring (bicyclic) bond motifs is 1. The summed E-state index contributed by atoms with van der Waals surface area (Å²) in [6.45, 7) is 3.46. The summed E-state index contributed by atoms with van der Waals surface area (Å²) >= 11 is 0. The lowest BCUT2D eigenvalue weighted by atomic mass is 10.2. The van der Waals surface area contributed by atoms with Crippen LogP contribution in [0.4, 0.5) is 13.2 Å². The van der Waals surface area contributed by atoms with Gasteiger partial charge in [-0.15, -0.1) is 0 Å². The van der Waals surface area contributed by atoms with Crippen molar-refractivity contribution in [3.8, 4) is 0 Å². The van der Waals surface area contributed by atoms with Crippen LogP contribution in [0.3, 0.4) is 0 Å². The Morgan fingerprint density at radius 2 is 1.87 bits per heavy atom. The summed E-state index contributed by atoms with van der Waals surface area (Å²) in [7, 11) is 0. The second kappa shape index (κ2) is 2.98. The molecular weight excluding hydrogens is 205 g/mol. The summed E-state index contributed by atoms with van der Waals surface area (Å²) in [5.74, 6) is 0. The number of nitrogens with zero attached hydrogens (tertiary/aromatic N) is 2. The largest absolute Gasteiger partial charge is 0.433 e. The van der Waals surface area contributed by atoms with Crippen LogP contribution in [0.25, 0.3) is 5.65 Å². The Labute approximate surface area is 84.4 Å². The Morgan fingerprint density at radius 1 is 1.20 bits per heavy atom. The minimum atomic E-state index is -4.36. The molecule has 5 heteroatoms. The lowest BCUT2D eigenvalue weighted by Crippen LogP contribution is -2.10. The van der Waals surface area contributed by atoms with E-state index in [1.54, 1.807) is 19.1 Å². The van der Waals surface area contributed by atoms with Gasteiger partial charge in [0.15, 0.2) is 0 Å². The van der Waals surface area contributed by atoms with E-state index in [9.17, 15) is 13.2 Å². The summed E-state index contributed by atoms with van der Waals surface area (Å²) in [4.78, 5) is 3.75. The van der Waals surface area contributed by atoms with Gasteiger partial charge >= 0.3 is 6.18 Å². The highest BCUT2D eigenvalue weighted by atomic mass is 19.4. The summed E-state index contributed by atoms with van der Waals surface area (Å²) in [5, 5.41) is 0. The molecule has 15 heavy (non-hydrogen) atoms. The van der Waals surface area contributed by atoms with Crippen molar-refractivity contribution < 1.29 is 13.2 Å². The van der Waals surface area contributed by atoms with Crippen molar-refractivity contribution in [2.24, 2.45) is 0 Å². The van der Waals surface area contributed by atoms with Crippen LogP contribution in [0.1, 0.15) is 17.0 Å². The molecule has 0 saturated carbocycles. The maximum Gasteiger partial charge on any atom is 0.433 e. The van der Waals surface area contributed by atoms with Gasteiger partial charge in [-0.2, -0.15) is 13.2 Å². The molecule has 2 heterocycles. The van der Waals surface area contributed by atoms with Crippen molar-refractivity contribution >= 4 is 5.65 Å². The van der Waals surface area contributed by atoms with Crippen molar-refractivity contribution in [3.05, 3.63) is 35.3 Å². The average Bonchev–Trinajstić information content (AvgIpc) is 2.45.